The van der Waals surface area contributed by atoms with Gasteiger partial charge in [0.05, 0.1) is 33.1 Å². The maximum Gasteiger partial charge on any atom is 0.270 e. The number of rotatable bonds is 4. The first-order valence-corrected chi connectivity index (χ1v) is 22.9. The Labute approximate surface area is 383 Å². The molecule has 0 amide bonds. The van der Waals surface area contributed by atoms with Crippen LogP contribution >= 0.6 is 0 Å². The standard InChI is InChI=1S/C60H34BN3O3/c1-3-17-36(18-4-1)62-43-25-10-7-22-40(43)51-57-52(41-23-8-11-26-44(41)63(57)37-19-5-2-6-20-37)59-53(58(51)62)42-24-9-12-27-45(42)64(59)38-21-13-16-35(34-38)39-32-33-50-56-60(39)67-49-31-15-30-48-55(49)61(56)54-46(65-48)28-14-29-47(54)66-50/h1-34H. The first-order chi connectivity index (χ1) is 33.3. The first-order valence-electron chi connectivity index (χ1n) is 22.9. The number of hydrogen-bond acceptors (Lipinski definition) is 3. The van der Waals surface area contributed by atoms with Crippen molar-refractivity contribution in [3.05, 3.63) is 206 Å². The van der Waals surface area contributed by atoms with E-state index in [-0.39, 0.29) is 6.71 Å². The third-order valence-electron chi connectivity index (χ3n) is 14.5. The van der Waals surface area contributed by atoms with Crippen molar-refractivity contribution in [3.63, 3.8) is 0 Å². The van der Waals surface area contributed by atoms with Crippen LogP contribution in [0, 0.1) is 0 Å². The fraction of sp³-hybridized carbons (Fsp3) is 0. The van der Waals surface area contributed by atoms with Gasteiger partial charge in [0.15, 0.2) is 0 Å². The van der Waals surface area contributed by atoms with Crippen molar-refractivity contribution in [2.75, 3.05) is 0 Å². The normalized spacial score (nSPS) is 13.1. The summed E-state index contributed by atoms with van der Waals surface area (Å²) < 4.78 is 27.7. The second kappa shape index (κ2) is 12.9. The van der Waals surface area contributed by atoms with Crippen molar-refractivity contribution in [2.24, 2.45) is 0 Å². The molecule has 0 unspecified atom stereocenters. The molecular formula is C60H34BN3O3. The van der Waals surface area contributed by atoms with Gasteiger partial charge in [0.25, 0.3) is 6.71 Å². The van der Waals surface area contributed by atoms with Crippen molar-refractivity contribution < 1.29 is 14.2 Å². The average molecular weight is 856 g/mol. The van der Waals surface area contributed by atoms with Crippen LogP contribution in [0.5, 0.6) is 34.5 Å². The van der Waals surface area contributed by atoms with Crippen molar-refractivity contribution in [2.45, 2.75) is 0 Å². The minimum Gasteiger partial charge on any atom is -0.458 e. The molecule has 0 radical (unpaired) electrons. The Kier molecular flexibility index (Phi) is 6.80. The Hall–Kier alpha value is -8.94. The summed E-state index contributed by atoms with van der Waals surface area (Å²) >= 11 is 0. The molecule has 3 aromatic heterocycles. The van der Waals surface area contributed by atoms with Gasteiger partial charge >= 0.3 is 0 Å². The van der Waals surface area contributed by atoms with Crippen LogP contribution in [-0.4, -0.2) is 20.4 Å². The Morgan fingerprint density at radius 1 is 0.313 bits per heavy atom. The SMILES string of the molecule is c1ccc(-n2c3ccccc3c3c2c2c4ccccc4n(-c4cccc(-c5ccc6c7c5Oc5cccc8c5B7c5c(cccc5O6)O8)c4)c2c2c4ccccc4n(-c4ccccc4)c32)cc1. The molecule has 0 aliphatic carbocycles. The maximum atomic E-state index is 7.02. The predicted octanol–water partition coefficient (Wildman–Crippen LogP) is 13.5. The Bertz CT molecular complexity index is 4210. The molecule has 0 saturated heterocycles. The van der Waals surface area contributed by atoms with Crippen molar-refractivity contribution in [3.8, 4) is 62.7 Å². The van der Waals surface area contributed by atoms with Gasteiger partial charge in [-0.3, -0.25) is 0 Å². The van der Waals surface area contributed by atoms with Gasteiger partial charge in [-0.15, -0.1) is 0 Å². The summed E-state index contributed by atoms with van der Waals surface area (Å²) in [5, 5.41) is 7.26. The van der Waals surface area contributed by atoms with E-state index >= 15 is 0 Å². The van der Waals surface area contributed by atoms with Gasteiger partial charge in [-0.1, -0.05) is 115 Å². The molecule has 16 rings (SSSR count). The molecule has 0 atom stereocenters. The summed E-state index contributed by atoms with van der Waals surface area (Å²) in [6.07, 6.45) is 0. The largest absolute Gasteiger partial charge is 0.458 e. The molecule has 10 aromatic carbocycles. The van der Waals surface area contributed by atoms with Gasteiger partial charge in [-0.25, -0.2) is 0 Å². The topological polar surface area (TPSA) is 42.5 Å². The summed E-state index contributed by atoms with van der Waals surface area (Å²) in [6, 6.07) is 73.9. The number of para-hydroxylation sites is 5. The van der Waals surface area contributed by atoms with Gasteiger partial charge in [0.1, 0.15) is 34.5 Å². The second-order valence-electron chi connectivity index (χ2n) is 17.9. The maximum absolute atomic E-state index is 7.02. The zero-order chi connectivity index (χ0) is 43.5. The first kappa shape index (κ1) is 35.4. The molecule has 3 aliphatic heterocycles. The molecule has 0 fully saturated rings. The van der Waals surface area contributed by atoms with Crippen LogP contribution in [0.3, 0.4) is 0 Å². The quantitative estimate of drug-likeness (QED) is 0.166. The van der Waals surface area contributed by atoms with Crippen molar-refractivity contribution >= 4 is 88.5 Å². The molecule has 0 spiro atoms. The zero-order valence-electron chi connectivity index (χ0n) is 35.8. The van der Waals surface area contributed by atoms with Crippen LogP contribution < -0.4 is 30.6 Å². The van der Waals surface area contributed by atoms with Crippen LogP contribution in [0.4, 0.5) is 0 Å². The lowest BCUT2D eigenvalue weighted by atomic mass is 9.33. The molecule has 6 heterocycles. The fourth-order valence-electron chi connectivity index (χ4n) is 12.0. The lowest BCUT2D eigenvalue weighted by molar-refractivity contribution is 0.443. The van der Waals surface area contributed by atoms with Gasteiger partial charge in [0.2, 0.25) is 0 Å². The minimum atomic E-state index is -0.0758. The van der Waals surface area contributed by atoms with E-state index in [4.69, 9.17) is 14.2 Å². The molecule has 7 heteroatoms. The molecule has 13 aromatic rings. The highest BCUT2D eigenvalue weighted by molar-refractivity contribution is 6.99. The number of ether oxygens (including phenoxy) is 3. The van der Waals surface area contributed by atoms with E-state index in [2.05, 4.69) is 190 Å². The molecule has 310 valence electrons. The number of fused-ring (bicyclic) bond motifs is 12. The van der Waals surface area contributed by atoms with E-state index in [1.54, 1.807) is 0 Å². The fourth-order valence-corrected chi connectivity index (χ4v) is 12.0. The summed E-state index contributed by atoms with van der Waals surface area (Å²) in [7, 11) is 0. The van der Waals surface area contributed by atoms with E-state index in [0.717, 1.165) is 95.6 Å². The molecule has 0 saturated carbocycles. The Balaban J connectivity index is 1.04. The van der Waals surface area contributed by atoms with E-state index in [0.29, 0.717) is 0 Å². The number of benzene rings is 10. The van der Waals surface area contributed by atoms with E-state index in [9.17, 15) is 0 Å². The zero-order valence-corrected chi connectivity index (χ0v) is 35.8. The smallest absolute Gasteiger partial charge is 0.270 e. The molecule has 3 aliphatic rings. The highest BCUT2D eigenvalue weighted by Crippen LogP contribution is 2.51. The number of aromatic nitrogens is 3. The Morgan fingerprint density at radius 3 is 1.22 bits per heavy atom. The van der Waals surface area contributed by atoms with Crippen LogP contribution in [0.2, 0.25) is 0 Å². The number of hydrogen-bond donors (Lipinski definition) is 0. The third-order valence-corrected chi connectivity index (χ3v) is 14.5. The highest BCUT2D eigenvalue weighted by atomic mass is 16.5. The van der Waals surface area contributed by atoms with Crippen molar-refractivity contribution in [1.82, 2.24) is 13.7 Å². The van der Waals surface area contributed by atoms with E-state index in [1.165, 1.54) is 48.9 Å². The molecular weight excluding hydrogens is 821 g/mol. The summed E-state index contributed by atoms with van der Waals surface area (Å²) in [6.45, 7) is -0.0758. The van der Waals surface area contributed by atoms with Crippen LogP contribution in [0.15, 0.2) is 206 Å². The molecule has 0 N–H and O–H groups in total. The lowest BCUT2D eigenvalue weighted by Gasteiger charge is -2.38. The highest BCUT2D eigenvalue weighted by Gasteiger charge is 2.47. The van der Waals surface area contributed by atoms with Crippen LogP contribution in [0.1, 0.15) is 0 Å². The van der Waals surface area contributed by atoms with Crippen molar-refractivity contribution in [1.29, 1.82) is 0 Å². The van der Waals surface area contributed by atoms with E-state index in [1.807, 2.05) is 30.3 Å². The van der Waals surface area contributed by atoms with E-state index < -0.39 is 0 Å². The van der Waals surface area contributed by atoms with Crippen LogP contribution in [-0.2, 0) is 0 Å². The lowest BCUT2D eigenvalue weighted by Crippen LogP contribution is -2.59. The monoisotopic (exact) mass is 855 g/mol. The summed E-state index contributed by atoms with van der Waals surface area (Å²) in [5.74, 6) is 4.91. The summed E-state index contributed by atoms with van der Waals surface area (Å²) in [5.41, 5.74) is 15.5. The van der Waals surface area contributed by atoms with Gasteiger partial charge < -0.3 is 27.9 Å². The second-order valence-corrected chi connectivity index (χ2v) is 17.9. The Morgan fingerprint density at radius 2 is 0.716 bits per heavy atom. The minimum absolute atomic E-state index is 0.0758. The summed E-state index contributed by atoms with van der Waals surface area (Å²) in [4.78, 5) is 0. The van der Waals surface area contributed by atoms with Gasteiger partial charge in [-0.05, 0) is 96.6 Å². The third kappa shape index (κ3) is 4.55. The molecule has 67 heavy (non-hydrogen) atoms. The average Bonchev–Trinajstić information content (AvgIpc) is 4.03. The number of nitrogens with zero attached hydrogens (tertiary/aromatic N) is 3. The van der Waals surface area contributed by atoms with Crippen LogP contribution in [0.25, 0.3) is 93.6 Å². The van der Waals surface area contributed by atoms with Gasteiger partial charge in [-0.2, -0.15) is 0 Å². The molecule has 0 bridgehead atoms. The van der Waals surface area contributed by atoms with Gasteiger partial charge in [0, 0.05) is 71.3 Å². The molecule has 6 nitrogen and oxygen atoms in total. The predicted molar refractivity (Wildman–Crippen MR) is 273 cm³/mol.